The number of hydrogen-bond acceptors (Lipinski definition) is 4. The van der Waals surface area contributed by atoms with Gasteiger partial charge >= 0.3 is 0 Å². The Morgan fingerprint density at radius 2 is 2.12 bits per heavy atom. The molecule has 0 saturated heterocycles. The van der Waals surface area contributed by atoms with Crippen molar-refractivity contribution in [1.29, 1.82) is 0 Å². The number of amides is 1. The molecule has 16 heavy (non-hydrogen) atoms. The van der Waals surface area contributed by atoms with Gasteiger partial charge in [-0.15, -0.1) is 0 Å². The Balaban J connectivity index is 2.10. The van der Waals surface area contributed by atoms with Crippen LogP contribution in [0.1, 0.15) is 25.7 Å². The Kier molecular flexibility index (Phi) is 6.84. The van der Waals surface area contributed by atoms with E-state index in [1.54, 1.807) is 0 Å². The van der Waals surface area contributed by atoms with Gasteiger partial charge in [-0.05, 0) is 31.9 Å². The first-order chi connectivity index (χ1) is 7.76. The molecule has 1 saturated carbocycles. The highest BCUT2D eigenvalue weighted by molar-refractivity contribution is 7.99. The smallest absolute Gasteiger partial charge is 0.246 e. The molecule has 0 heterocycles. The van der Waals surface area contributed by atoms with Crippen molar-refractivity contribution in [2.45, 2.75) is 37.0 Å². The van der Waals surface area contributed by atoms with E-state index >= 15 is 0 Å². The lowest BCUT2D eigenvalue weighted by molar-refractivity contribution is -0.126. The maximum absolute atomic E-state index is 11.5. The van der Waals surface area contributed by atoms with Crippen molar-refractivity contribution in [1.82, 2.24) is 5.32 Å². The molecule has 0 aromatic heterocycles. The standard InChI is InChI=1S/C11H22N2O2S/c1-16-10-4-2-9(3-5-10)13-11(14)8-15-7-6-12/h9-10H,2-8,12H2,1H3,(H,13,14). The second-order valence-corrected chi connectivity index (χ2v) is 5.26. The second kappa shape index (κ2) is 7.92. The van der Waals surface area contributed by atoms with Crippen LogP contribution in [0.25, 0.3) is 0 Å². The minimum atomic E-state index is -0.0129. The highest BCUT2D eigenvalue weighted by Gasteiger charge is 2.21. The van der Waals surface area contributed by atoms with Gasteiger partial charge in [0.05, 0.1) is 6.61 Å². The van der Waals surface area contributed by atoms with Crippen LogP contribution in [-0.2, 0) is 9.53 Å². The van der Waals surface area contributed by atoms with Gasteiger partial charge in [0.15, 0.2) is 0 Å². The summed E-state index contributed by atoms with van der Waals surface area (Å²) >= 11 is 1.93. The summed E-state index contributed by atoms with van der Waals surface area (Å²) in [5, 5.41) is 3.79. The molecule has 1 rings (SSSR count). The molecule has 5 heteroatoms. The molecule has 0 radical (unpaired) electrons. The van der Waals surface area contributed by atoms with E-state index in [9.17, 15) is 4.79 Å². The molecule has 94 valence electrons. The normalized spacial score (nSPS) is 25.4. The molecule has 0 aromatic carbocycles. The predicted molar refractivity (Wildman–Crippen MR) is 67.6 cm³/mol. The van der Waals surface area contributed by atoms with Gasteiger partial charge in [-0.3, -0.25) is 4.79 Å². The fourth-order valence-electron chi connectivity index (χ4n) is 1.96. The minimum Gasteiger partial charge on any atom is -0.370 e. The number of nitrogens with two attached hydrogens (primary N) is 1. The van der Waals surface area contributed by atoms with E-state index in [-0.39, 0.29) is 12.5 Å². The van der Waals surface area contributed by atoms with Gasteiger partial charge < -0.3 is 15.8 Å². The van der Waals surface area contributed by atoms with E-state index in [0.29, 0.717) is 19.2 Å². The highest BCUT2D eigenvalue weighted by atomic mass is 32.2. The number of hydrogen-bond donors (Lipinski definition) is 2. The van der Waals surface area contributed by atoms with Crippen LogP contribution >= 0.6 is 11.8 Å². The molecule has 0 bridgehead atoms. The molecule has 3 N–H and O–H groups in total. The van der Waals surface area contributed by atoms with Crippen molar-refractivity contribution < 1.29 is 9.53 Å². The van der Waals surface area contributed by atoms with Crippen molar-refractivity contribution in [3.8, 4) is 0 Å². The highest BCUT2D eigenvalue weighted by Crippen LogP contribution is 2.26. The van der Waals surface area contributed by atoms with Gasteiger partial charge in [0.2, 0.25) is 5.91 Å². The summed E-state index contributed by atoms with van der Waals surface area (Å²) in [4.78, 5) is 11.5. The van der Waals surface area contributed by atoms with Crippen LogP contribution in [0.5, 0.6) is 0 Å². The van der Waals surface area contributed by atoms with Crippen LogP contribution in [0.15, 0.2) is 0 Å². The summed E-state index contributed by atoms with van der Waals surface area (Å²) in [6, 6.07) is 0.345. The monoisotopic (exact) mass is 246 g/mol. The Bertz CT molecular complexity index is 206. The molecule has 0 atom stereocenters. The first-order valence-electron chi connectivity index (χ1n) is 5.86. The zero-order valence-electron chi connectivity index (χ0n) is 9.91. The fourth-order valence-corrected chi connectivity index (χ4v) is 2.70. The molecule has 0 spiro atoms. The summed E-state index contributed by atoms with van der Waals surface area (Å²) in [5.74, 6) is -0.0129. The van der Waals surface area contributed by atoms with Gasteiger partial charge in [-0.2, -0.15) is 11.8 Å². The van der Waals surface area contributed by atoms with E-state index in [2.05, 4.69) is 11.6 Å². The van der Waals surface area contributed by atoms with Gasteiger partial charge in [-0.25, -0.2) is 0 Å². The largest absolute Gasteiger partial charge is 0.370 e. The molecule has 1 amide bonds. The zero-order valence-corrected chi connectivity index (χ0v) is 10.7. The van der Waals surface area contributed by atoms with E-state index < -0.39 is 0 Å². The quantitative estimate of drug-likeness (QED) is 0.679. The number of carbonyl (C=O) groups excluding carboxylic acids is 1. The molecule has 4 nitrogen and oxygen atoms in total. The van der Waals surface area contributed by atoms with Crippen LogP contribution in [-0.4, -0.2) is 43.2 Å². The first kappa shape index (κ1) is 13.8. The Labute approximate surface area is 102 Å². The lowest BCUT2D eigenvalue weighted by Gasteiger charge is -2.27. The third-order valence-electron chi connectivity index (χ3n) is 2.87. The summed E-state index contributed by atoms with van der Waals surface area (Å²) in [6.45, 7) is 1.05. The van der Waals surface area contributed by atoms with Gasteiger partial charge in [0.1, 0.15) is 6.61 Å². The van der Waals surface area contributed by atoms with E-state index in [1.807, 2.05) is 11.8 Å². The molecule has 0 aromatic rings. The molecule has 1 fully saturated rings. The van der Waals surface area contributed by atoms with Crippen LogP contribution in [0.2, 0.25) is 0 Å². The molecular formula is C11H22N2O2S. The molecule has 1 aliphatic rings. The van der Waals surface area contributed by atoms with Crippen LogP contribution < -0.4 is 11.1 Å². The fraction of sp³-hybridized carbons (Fsp3) is 0.909. The number of carbonyl (C=O) groups is 1. The Morgan fingerprint density at radius 1 is 1.44 bits per heavy atom. The van der Waals surface area contributed by atoms with Crippen molar-refractivity contribution in [2.75, 3.05) is 26.0 Å². The Hall–Kier alpha value is -0.260. The predicted octanol–water partition coefficient (Wildman–Crippen LogP) is 0.752. The van der Waals surface area contributed by atoms with E-state index in [0.717, 1.165) is 18.1 Å². The maximum atomic E-state index is 11.5. The van der Waals surface area contributed by atoms with Gasteiger partial charge in [0.25, 0.3) is 0 Å². The van der Waals surface area contributed by atoms with Crippen molar-refractivity contribution in [3.63, 3.8) is 0 Å². The van der Waals surface area contributed by atoms with Gasteiger partial charge in [0, 0.05) is 17.8 Å². The summed E-state index contributed by atoms with van der Waals surface area (Å²) < 4.78 is 5.09. The van der Waals surface area contributed by atoms with Crippen LogP contribution in [0.3, 0.4) is 0 Å². The summed E-state index contributed by atoms with van der Waals surface area (Å²) in [6.07, 6.45) is 6.75. The third-order valence-corrected chi connectivity index (χ3v) is 4.01. The van der Waals surface area contributed by atoms with Gasteiger partial charge in [-0.1, -0.05) is 0 Å². The minimum absolute atomic E-state index is 0.0129. The number of rotatable bonds is 6. The second-order valence-electron chi connectivity index (χ2n) is 4.12. The molecule has 0 aliphatic heterocycles. The van der Waals surface area contributed by atoms with Crippen LogP contribution in [0.4, 0.5) is 0 Å². The van der Waals surface area contributed by atoms with Crippen molar-refractivity contribution in [2.24, 2.45) is 5.73 Å². The summed E-state index contributed by atoms with van der Waals surface area (Å²) in [7, 11) is 0. The lowest BCUT2D eigenvalue weighted by atomic mass is 9.95. The van der Waals surface area contributed by atoms with Crippen molar-refractivity contribution >= 4 is 17.7 Å². The number of nitrogens with one attached hydrogen (secondary N) is 1. The topological polar surface area (TPSA) is 64.3 Å². The lowest BCUT2D eigenvalue weighted by Crippen LogP contribution is -2.40. The maximum Gasteiger partial charge on any atom is 0.246 e. The van der Waals surface area contributed by atoms with E-state index in [1.165, 1.54) is 12.8 Å². The third kappa shape index (κ3) is 5.18. The van der Waals surface area contributed by atoms with E-state index in [4.69, 9.17) is 10.5 Å². The number of thioether (sulfide) groups is 1. The number of ether oxygens (including phenoxy) is 1. The first-order valence-corrected chi connectivity index (χ1v) is 7.15. The zero-order chi connectivity index (χ0) is 11.8. The van der Waals surface area contributed by atoms with Crippen molar-refractivity contribution in [3.05, 3.63) is 0 Å². The molecule has 1 aliphatic carbocycles. The average Bonchev–Trinajstić information content (AvgIpc) is 2.30. The molecule has 0 unspecified atom stereocenters. The SMILES string of the molecule is CSC1CCC(NC(=O)COCCN)CC1. The average molecular weight is 246 g/mol. The molecular weight excluding hydrogens is 224 g/mol. The summed E-state index contributed by atoms with van der Waals surface area (Å²) in [5.41, 5.74) is 5.27. The van der Waals surface area contributed by atoms with Crippen LogP contribution in [0, 0.1) is 0 Å². The Morgan fingerprint density at radius 3 is 2.69 bits per heavy atom.